The molecular formula is C29H26N2O6. The molecule has 37 heavy (non-hydrogen) atoms. The molecule has 2 aromatic rings. The molecule has 3 amide bonds. The topological polar surface area (TPSA) is 93.2 Å². The highest BCUT2D eigenvalue weighted by Gasteiger charge is 2.67. The lowest BCUT2D eigenvalue weighted by Gasteiger charge is -2.37. The Hall–Kier alpha value is -3.94. The minimum atomic E-state index is -0.631. The van der Waals surface area contributed by atoms with Crippen molar-refractivity contribution in [2.24, 2.45) is 41.4 Å². The Morgan fingerprint density at radius 2 is 1.49 bits per heavy atom. The first kappa shape index (κ1) is 22.3. The lowest BCUT2D eigenvalue weighted by Crippen LogP contribution is -2.40. The molecule has 2 aromatic carbocycles. The van der Waals surface area contributed by atoms with Crippen molar-refractivity contribution in [3.05, 3.63) is 60.7 Å². The molecule has 0 aromatic heterocycles. The Kier molecular flexibility index (Phi) is 4.83. The van der Waals surface area contributed by atoms with Crippen LogP contribution in [-0.4, -0.2) is 37.3 Å². The van der Waals surface area contributed by atoms with Gasteiger partial charge in [-0.05, 0) is 54.4 Å². The van der Waals surface area contributed by atoms with E-state index in [0.29, 0.717) is 29.0 Å². The van der Waals surface area contributed by atoms with Crippen molar-refractivity contribution < 1.29 is 28.7 Å². The van der Waals surface area contributed by atoms with Crippen molar-refractivity contribution in [3.63, 3.8) is 0 Å². The number of allylic oxidation sites excluding steroid dienone is 2. The minimum Gasteiger partial charge on any atom is -0.497 e. The molecule has 0 spiro atoms. The van der Waals surface area contributed by atoms with Gasteiger partial charge in [0.1, 0.15) is 11.5 Å². The van der Waals surface area contributed by atoms with Crippen LogP contribution < -0.4 is 19.3 Å². The molecule has 4 fully saturated rings. The van der Waals surface area contributed by atoms with Crippen LogP contribution in [0.1, 0.15) is 12.8 Å². The van der Waals surface area contributed by atoms with E-state index in [1.54, 1.807) is 60.5 Å². The molecule has 8 heteroatoms. The predicted molar refractivity (Wildman–Crippen MR) is 133 cm³/mol. The van der Waals surface area contributed by atoms with Crippen molar-refractivity contribution in [1.29, 1.82) is 0 Å². The van der Waals surface area contributed by atoms with E-state index < -0.39 is 11.9 Å². The largest absolute Gasteiger partial charge is 0.497 e. The first-order chi connectivity index (χ1) is 17.9. The maximum Gasteiger partial charge on any atom is 0.316 e. The molecule has 2 aliphatic heterocycles. The standard InChI is InChI=1S/C29H26N2O6/c1-36-18-6-2-4-16(11-18)30-14-15(10-24(30)32)29(35)37-19-7-3-5-17(12-19)31-27(33)25-20-8-9-21(23-13-22(20)23)26(25)28(31)34/h2-9,11-12,15,20-23,25-26H,10,13-14H2,1H3/t15-,20-,21-,22-,23-,25-,26+/m1/s1. The zero-order valence-electron chi connectivity index (χ0n) is 20.3. The van der Waals surface area contributed by atoms with Gasteiger partial charge in [0.15, 0.2) is 0 Å². The van der Waals surface area contributed by atoms with Crippen LogP contribution in [-0.2, 0) is 19.2 Å². The Labute approximate surface area is 213 Å². The van der Waals surface area contributed by atoms with Crippen molar-refractivity contribution in [2.45, 2.75) is 12.8 Å². The van der Waals surface area contributed by atoms with Gasteiger partial charge in [-0.2, -0.15) is 0 Å². The van der Waals surface area contributed by atoms with Crippen molar-refractivity contribution in [3.8, 4) is 11.5 Å². The molecule has 4 aliphatic carbocycles. The molecular weight excluding hydrogens is 472 g/mol. The van der Waals surface area contributed by atoms with E-state index in [1.807, 2.05) is 0 Å². The van der Waals surface area contributed by atoms with Crippen molar-refractivity contribution in [1.82, 2.24) is 0 Å². The molecule has 6 aliphatic rings. The number of methoxy groups -OCH3 is 1. The summed E-state index contributed by atoms with van der Waals surface area (Å²) in [7, 11) is 1.56. The van der Waals surface area contributed by atoms with Gasteiger partial charge in [0.05, 0.1) is 30.6 Å². The Bertz CT molecular complexity index is 1350. The lowest BCUT2D eigenvalue weighted by molar-refractivity contribution is -0.139. The number of hydrogen-bond donors (Lipinski definition) is 0. The molecule has 0 unspecified atom stereocenters. The van der Waals surface area contributed by atoms with Gasteiger partial charge in [0, 0.05) is 30.8 Å². The summed E-state index contributed by atoms with van der Waals surface area (Å²) >= 11 is 0. The first-order valence-electron chi connectivity index (χ1n) is 12.8. The summed E-state index contributed by atoms with van der Waals surface area (Å²) in [5, 5.41) is 0. The van der Waals surface area contributed by atoms with Crippen molar-refractivity contribution in [2.75, 3.05) is 23.5 Å². The molecule has 0 radical (unpaired) electrons. The molecule has 2 heterocycles. The van der Waals surface area contributed by atoms with Crippen LogP contribution in [0.4, 0.5) is 11.4 Å². The second-order valence-electron chi connectivity index (χ2n) is 10.7. The molecule has 2 saturated heterocycles. The summed E-state index contributed by atoms with van der Waals surface area (Å²) < 4.78 is 10.9. The highest BCUT2D eigenvalue weighted by Crippen LogP contribution is 2.65. The monoisotopic (exact) mass is 498 g/mol. The fraction of sp³-hybridized carbons (Fsp3) is 0.379. The van der Waals surface area contributed by atoms with E-state index in [1.165, 1.54) is 4.90 Å². The zero-order chi connectivity index (χ0) is 25.4. The molecule has 0 N–H and O–H groups in total. The fourth-order valence-corrected chi connectivity index (χ4v) is 6.99. The SMILES string of the molecule is COc1cccc(N2C[C@H](C(=O)Oc3cccc(N4C(=O)[C@@H]5[C@@H]6C=C[C@H]([C@H]7C[C@H]67)[C@@H]5C4=O)c3)CC2=O)c1. The van der Waals surface area contributed by atoms with Gasteiger partial charge >= 0.3 is 5.97 Å². The summed E-state index contributed by atoms with van der Waals surface area (Å²) in [5.41, 5.74) is 1.08. The number of esters is 1. The van der Waals surface area contributed by atoms with Crippen LogP contribution >= 0.6 is 0 Å². The van der Waals surface area contributed by atoms with Gasteiger partial charge in [-0.3, -0.25) is 19.2 Å². The van der Waals surface area contributed by atoms with Gasteiger partial charge in [-0.15, -0.1) is 0 Å². The van der Waals surface area contributed by atoms with Crippen LogP contribution in [0.5, 0.6) is 11.5 Å². The zero-order valence-corrected chi connectivity index (χ0v) is 20.3. The molecule has 2 bridgehead atoms. The molecule has 8 nitrogen and oxygen atoms in total. The second-order valence-corrected chi connectivity index (χ2v) is 10.7. The van der Waals surface area contributed by atoms with Crippen LogP contribution in [0.2, 0.25) is 0 Å². The summed E-state index contributed by atoms with van der Waals surface area (Å²) in [6, 6.07) is 13.7. The number of hydrogen-bond acceptors (Lipinski definition) is 6. The van der Waals surface area contributed by atoms with E-state index in [2.05, 4.69) is 12.2 Å². The lowest BCUT2D eigenvalue weighted by atomic mass is 9.63. The van der Waals surface area contributed by atoms with Gasteiger partial charge in [-0.1, -0.05) is 24.3 Å². The first-order valence-corrected chi connectivity index (χ1v) is 12.8. The number of anilines is 2. The Morgan fingerprint density at radius 1 is 0.865 bits per heavy atom. The molecule has 7 atom stereocenters. The molecule has 2 saturated carbocycles. The van der Waals surface area contributed by atoms with E-state index in [0.717, 1.165) is 6.42 Å². The van der Waals surface area contributed by atoms with E-state index in [9.17, 15) is 19.2 Å². The minimum absolute atomic E-state index is 0.0420. The van der Waals surface area contributed by atoms with Gasteiger partial charge in [0.2, 0.25) is 17.7 Å². The van der Waals surface area contributed by atoms with Crippen LogP contribution in [0.3, 0.4) is 0 Å². The average molecular weight is 499 g/mol. The smallest absolute Gasteiger partial charge is 0.316 e. The van der Waals surface area contributed by atoms with Crippen molar-refractivity contribution >= 4 is 35.1 Å². The fourth-order valence-electron chi connectivity index (χ4n) is 6.99. The van der Waals surface area contributed by atoms with E-state index >= 15 is 0 Å². The number of rotatable bonds is 5. The third-order valence-corrected chi connectivity index (χ3v) is 8.78. The highest BCUT2D eigenvalue weighted by atomic mass is 16.5. The van der Waals surface area contributed by atoms with Crippen LogP contribution in [0, 0.1) is 41.4 Å². The number of nitrogens with zero attached hydrogens (tertiary/aromatic N) is 2. The van der Waals surface area contributed by atoms with Gasteiger partial charge in [0.25, 0.3) is 0 Å². The summed E-state index contributed by atoms with van der Waals surface area (Å²) in [6.45, 7) is 0.203. The van der Waals surface area contributed by atoms with E-state index in [4.69, 9.17) is 9.47 Å². The van der Waals surface area contributed by atoms with Crippen LogP contribution in [0.25, 0.3) is 0 Å². The van der Waals surface area contributed by atoms with Crippen LogP contribution in [0.15, 0.2) is 60.7 Å². The van der Waals surface area contributed by atoms with Gasteiger partial charge < -0.3 is 14.4 Å². The third kappa shape index (κ3) is 3.35. The summed E-state index contributed by atoms with van der Waals surface area (Å²) in [4.78, 5) is 55.3. The quantitative estimate of drug-likeness (QED) is 0.272. The number of carbonyl (C=O) groups excluding carboxylic acids is 4. The number of imide groups is 1. The number of benzene rings is 2. The summed E-state index contributed by atoms with van der Waals surface area (Å²) in [6.07, 6.45) is 5.44. The highest BCUT2D eigenvalue weighted by molar-refractivity contribution is 6.22. The average Bonchev–Trinajstić information content (AvgIpc) is 3.58. The summed E-state index contributed by atoms with van der Waals surface area (Å²) in [5.74, 6) is 0.0301. The number of amides is 3. The second kappa shape index (κ2) is 8.03. The van der Waals surface area contributed by atoms with Gasteiger partial charge in [-0.25, -0.2) is 4.90 Å². The normalized spacial score (nSPS) is 33.0. The third-order valence-electron chi connectivity index (χ3n) is 8.78. The molecule has 188 valence electrons. The van der Waals surface area contributed by atoms with E-state index in [-0.39, 0.29) is 60.1 Å². The Balaban J connectivity index is 1.07. The predicted octanol–water partition coefficient (Wildman–Crippen LogP) is 3.21. The number of carbonyl (C=O) groups is 4. The maximum atomic E-state index is 13.4. The Morgan fingerprint density at radius 3 is 2.16 bits per heavy atom. The molecule has 8 rings (SSSR count). The maximum absolute atomic E-state index is 13.4. The number of ether oxygens (including phenoxy) is 2.